The van der Waals surface area contributed by atoms with E-state index in [4.69, 9.17) is 33.7 Å². The zero-order valence-corrected chi connectivity index (χ0v) is 17.1. The third-order valence-electron chi connectivity index (χ3n) is 4.28. The number of para-hydroxylation sites is 1. The molecule has 0 saturated carbocycles. The lowest BCUT2D eigenvalue weighted by Crippen LogP contribution is -2.15. The van der Waals surface area contributed by atoms with Crippen LogP contribution in [-0.2, 0) is 6.61 Å². The molecule has 0 saturated heterocycles. The van der Waals surface area contributed by atoms with E-state index in [1.54, 1.807) is 67.6 Å². The second kappa shape index (κ2) is 8.99. The van der Waals surface area contributed by atoms with Crippen LogP contribution in [0.15, 0.2) is 60.7 Å². The van der Waals surface area contributed by atoms with Gasteiger partial charge in [-0.15, -0.1) is 0 Å². The van der Waals surface area contributed by atoms with E-state index >= 15 is 0 Å². The zero-order chi connectivity index (χ0) is 21.0. The number of nitrogens with two attached hydrogens (primary N) is 1. The highest BCUT2D eigenvalue weighted by Crippen LogP contribution is 2.25. The molecule has 0 aliphatic carbocycles. The fourth-order valence-corrected chi connectivity index (χ4v) is 3.25. The van der Waals surface area contributed by atoms with Gasteiger partial charge >= 0.3 is 0 Å². The van der Waals surface area contributed by atoms with Crippen molar-refractivity contribution in [3.05, 3.63) is 93.0 Å². The van der Waals surface area contributed by atoms with Gasteiger partial charge < -0.3 is 15.8 Å². The molecule has 0 atom stereocenters. The van der Waals surface area contributed by atoms with Crippen LogP contribution in [0, 0.1) is 6.92 Å². The van der Waals surface area contributed by atoms with Crippen LogP contribution in [0.3, 0.4) is 0 Å². The first-order chi connectivity index (χ1) is 13.8. The Kier molecular flexibility index (Phi) is 6.42. The molecule has 3 N–H and O–H groups in total. The molecule has 5 nitrogen and oxygen atoms in total. The average molecular weight is 429 g/mol. The second-order valence-electron chi connectivity index (χ2n) is 6.37. The molecule has 3 rings (SSSR count). The van der Waals surface area contributed by atoms with Crippen LogP contribution in [0.2, 0.25) is 10.0 Å². The summed E-state index contributed by atoms with van der Waals surface area (Å²) in [6.07, 6.45) is 0. The van der Waals surface area contributed by atoms with Crippen molar-refractivity contribution in [3.8, 4) is 5.75 Å². The highest BCUT2D eigenvalue weighted by molar-refractivity contribution is 6.35. The van der Waals surface area contributed by atoms with Crippen molar-refractivity contribution in [1.82, 2.24) is 0 Å². The molecule has 2 amide bonds. The van der Waals surface area contributed by atoms with Gasteiger partial charge in [-0.1, -0.05) is 41.4 Å². The third-order valence-corrected chi connectivity index (χ3v) is 4.87. The number of amides is 2. The van der Waals surface area contributed by atoms with Crippen molar-refractivity contribution in [2.45, 2.75) is 13.5 Å². The van der Waals surface area contributed by atoms with Crippen molar-refractivity contribution >= 4 is 40.7 Å². The van der Waals surface area contributed by atoms with Gasteiger partial charge in [0.25, 0.3) is 5.91 Å². The van der Waals surface area contributed by atoms with E-state index in [9.17, 15) is 9.59 Å². The molecule has 0 aliphatic heterocycles. The van der Waals surface area contributed by atoms with Gasteiger partial charge in [-0.25, -0.2) is 0 Å². The Hall–Kier alpha value is -3.02. The molecular weight excluding hydrogens is 411 g/mol. The van der Waals surface area contributed by atoms with E-state index in [0.717, 1.165) is 5.56 Å². The Balaban J connectivity index is 1.76. The zero-order valence-electron chi connectivity index (χ0n) is 15.5. The van der Waals surface area contributed by atoms with E-state index in [1.165, 1.54) is 0 Å². The van der Waals surface area contributed by atoms with Gasteiger partial charge in [0.05, 0.1) is 5.56 Å². The number of hydrogen-bond acceptors (Lipinski definition) is 3. The largest absolute Gasteiger partial charge is 0.488 e. The monoisotopic (exact) mass is 428 g/mol. The van der Waals surface area contributed by atoms with Gasteiger partial charge in [0.1, 0.15) is 12.4 Å². The molecular formula is C22H18Cl2N2O3. The summed E-state index contributed by atoms with van der Waals surface area (Å²) in [5.74, 6) is -0.435. The molecule has 0 bridgehead atoms. The molecule has 0 spiro atoms. The minimum absolute atomic E-state index is 0.187. The molecule has 3 aromatic carbocycles. The molecule has 0 aliphatic rings. The van der Waals surface area contributed by atoms with Crippen LogP contribution in [0.1, 0.15) is 31.8 Å². The van der Waals surface area contributed by atoms with Crippen LogP contribution in [-0.4, -0.2) is 11.8 Å². The lowest BCUT2D eigenvalue weighted by molar-refractivity contribution is 0.0997. The number of benzene rings is 3. The number of hydrogen-bond donors (Lipinski definition) is 2. The SMILES string of the molecule is Cc1cc(NC(=O)c2ccccc2OCc2ccc(Cl)cc2Cl)ccc1C(N)=O. The van der Waals surface area contributed by atoms with E-state index in [1.807, 2.05) is 0 Å². The topological polar surface area (TPSA) is 81.4 Å². The van der Waals surface area contributed by atoms with Crippen molar-refractivity contribution in [3.63, 3.8) is 0 Å². The summed E-state index contributed by atoms with van der Waals surface area (Å²) in [6, 6.07) is 16.9. The highest BCUT2D eigenvalue weighted by Gasteiger charge is 2.14. The molecule has 3 aromatic rings. The molecule has 29 heavy (non-hydrogen) atoms. The minimum Gasteiger partial charge on any atom is -0.488 e. The van der Waals surface area contributed by atoms with Crippen LogP contribution < -0.4 is 15.8 Å². The molecule has 0 radical (unpaired) electrons. The number of rotatable bonds is 6. The summed E-state index contributed by atoms with van der Waals surface area (Å²) < 4.78 is 5.83. The van der Waals surface area contributed by atoms with Gasteiger partial charge in [0.2, 0.25) is 5.91 Å². The van der Waals surface area contributed by atoms with Gasteiger partial charge in [0.15, 0.2) is 0 Å². The number of ether oxygens (including phenoxy) is 1. The number of anilines is 1. The highest BCUT2D eigenvalue weighted by atomic mass is 35.5. The normalized spacial score (nSPS) is 10.4. The van der Waals surface area contributed by atoms with Gasteiger partial charge in [0, 0.05) is 26.9 Å². The number of primary amides is 1. The predicted octanol–water partition coefficient (Wildman–Crippen LogP) is 5.23. The van der Waals surface area contributed by atoms with Gasteiger partial charge in [-0.2, -0.15) is 0 Å². The number of aryl methyl sites for hydroxylation is 1. The minimum atomic E-state index is -0.514. The van der Waals surface area contributed by atoms with Crippen molar-refractivity contribution < 1.29 is 14.3 Å². The summed E-state index contributed by atoms with van der Waals surface area (Å²) in [7, 11) is 0. The first-order valence-corrected chi connectivity index (χ1v) is 9.48. The molecule has 0 unspecified atom stereocenters. The molecule has 148 valence electrons. The Morgan fingerprint density at radius 1 is 1.00 bits per heavy atom. The second-order valence-corrected chi connectivity index (χ2v) is 7.21. The predicted molar refractivity (Wildman–Crippen MR) is 115 cm³/mol. The first kappa shape index (κ1) is 20.7. The maximum Gasteiger partial charge on any atom is 0.259 e. The number of halogens is 2. The third kappa shape index (κ3) is 5.08. The van der Waals surface area contributed by atoms with E-state index in [-0.39, 0.29) is 12.5 Å². The number of carbonyl (C=O) groups excluding carboxylic acids is 2. The molecule has 0 heterocycles. The van der Waals surface area contributed by atoms with Crippen LogP contribution in [0.4, 0.5) is 5.69 Å². The number of nitrogens with one attached hydrogen (secondary N) is 1. The Morgan fingerprint density at radius 3 is 2.45 bits per heavy atom. The fraction of sp³-hybridized carbons (Fsp3) is 0.0909. The Labute approximate surface area is 178 Å². The van der Waals surface area contributed by atoms with E-state index in [0.29, 0.717) is 38.2 Å². The van der Waals surface area contributed by atoms with Gasteiger partial charge in [-0.05, 0) is 55.0 Å². The van der Waals surface area contributed by atoms with Crippen molar-refractivity contribution in [1.29, 1.82) is 0 Å². The average Bonchev–Trinajstić information content (AvgIpc) is 2.67. The standard InChI is InChI=1S/C22H18Cl2N2O3/c1-13-10-16(8-9-17(13)21(25)27)26-22(28)18-4-2-3-5-20(18)29-12-14-6-7-15(23)11-19(14)24/h2-11H,12H2,1H3,(H2,25,27)(H,26,28). The quantitative estimate of drug-likeness (QED) is 0.563. The van der Waals surface area contributed by atoms with Crippen LogP contribution in [0.25, 0.3) is 0 Å². The Bertz CT molecular complexity index is 1080. The lowest BCUT2D eigenvalue weighted by atomic mass is 10.1. The number of carbonyl (C=O) groups is 2. The van der Waals surface area contributed by atoms with E-state index < -0.39 is 5.91 Å². The van der Waals surface area contributed by atoms with Crippen molar-refractivity contribution in [2.75, 3.05) is 5.32 Å². The molecule has 0 aromatic heterocycles. The summed E-state index contributed by atoms with van der Waals surface area (Å²) in [5.41, 5.74) is 8.08. The van der Waals surface area contributed by atoms with Gasteiger partial charge in [-0.3, -0.25) is 9.59 Å². The molecule has 0 fully saturated rings. The lowest BCUT2D eigenvalue weighted by Gasteiger charge is -2.13. The Morgan fingerprint density at radius 2 is 1.76 bits per heavy atom. The maximum absolute atomic E-state index is 12.8. The summed E-state index contributed by atoms with van der Waals surface area (Å²) >= 11 is 12.1. The first-order valence-electron chi connectivity index (χ1n) is 8.72. The fourth-order valence-electron chi connectivity index (χ4n) is 2.79. The smallest absolute Gasteiger partial charge is 0.259 e. The van der Waals surface area contributed by atoms with Crippen molar-refractivity contribution in [2.24, 2.45) is 5.73 Å². The van der Waals surface area contributed by atoms with E-state index in [2.05, 4.69) is 5.32 Å². The summed E-state index contributed by atoms with van der Waals surface area (Å²) in [5, 5.41) is 3.84. The van der Waals surface area contributed by atoms with Crippen LogP contribution >= 0.6 is 23.2 Å². The maximum atomic E-state index is 12.8. The molecule has 7 heteroatoms. The van der Waals surface area contributed by atoms with Crippen LogP contribution in [0.5, 0.6) is 5.75 Å². The summed E-state index contributed by atoms with van der Waals surface area (Å²) in [6.45, 7) is 1.94. The summed E-state index contributed by atoms with van der Waals surface area (Å²) in [4.78, 5) is 24.1.